The van der Waals surface area contributed by atoms with Crippen LogP contribution in [0.3, 0.4) is 0 Å². The molecule has 0 spiro atoms. The summed E-state index contributed by atoms with van der Waals surface area (Å²) in [6.07, 6.45) is -0.470. The Morgan fingerprint density at radius 2 is 2.23 bits per heavy atom. The van der Waals surface area contributed by atoms with Crippen molar-refractivity contribution in [1.29, 1.82) is 0 Å². The molecule has 1 saturated heterocycles. The third-order valence-corrected chi connectivity index (χ3v) is 5.50. The molecule has 1 aliphatic heterocycles. The van der Waals surface area contributed by atoms with Crippen LogP contribution in [0.1, 0.15) is 31.0 Å². The molecule has 0 aliphatic carbocycles. The number of carbonyl (C=O) groups is 2. The van der Waals surface area contributed by atoms with Crippen LogP contribution in [0.4, 0.5) is 4.79 Å². The van der Waals surface area contributed by atoms with E-state index in [2.05, 4.69) is 5.32 Å². The molecule has 5 nitrogen and oxygen atoms in total. The number of thiophene rings is 1. The van der Waals surface area contributed by atoms with E-state index in [1.54, 1.807) is 16.7 Å². The summed E-state index contributed by atoms with van der Waals surface area (Å²) in [7, 11) is 0. The van der Waals surface area contributed by atoms with Crippen molar-refractivity contribution in [3.63, 3.8) is 0 Å². The van der Waals surface area contributed by atoms with Gasteiger partial charge in [-0.2, -0.15) is 0 Å². The summed E-state index contributed by atoms with van der Waals surface area (Å²) >= 11 is 9.02. The summed E-state index contributed by atoms with van der Waals surface area (Å²) < 4.78 is 5.88. The zero-order valence-electron chi connectivity index (χ0n) is 12.7. The second-order valence-corrected chi connectivity index (χ2v) is 8.64. The minimum absolute atomic E-state index is 0.0227. The van der Waals surface area contributed by atoms with E-state index >= 15 is 0 Å². The Labute approximate surface area is 143 Å². The number of amides is 2. The van der Waals surface area contributed by atoms with Crippen molar-refractivity contribution in [2.45, 2.75) is 31.7 Å². The summed E-state index contributed by atoms with van der Waals surface area (Å²) in [5.74, 6) is 0.526. The lowest BCUT2D eigenvalue weighted by Gasteiger charge is -2.24. The maximum atomic E-state index is 12.0. The average molecular weight is 363 g/mol. The molecule has 0 bridgehead atoms. The molecular formula is C14H19ClN2O3S2. The fourth-order valence-corrected chi connectivity index (χ4v) is 4.50. The predicted molar refractivity (Wildman–Crippen MR) is 90.5 cm³/mol. The molecule has 1 aromatic heterocycles. The second-order valence-electron chi connectivity index (χ2n) is 5.82. The number of alkyl carbamates (subject to hydrolysis) is 1. The summed E-state index contributed by atoms with van der Waals surface area (Å²) in [5.41, 5.74) is -0.528. The zero-order valence-corrected chi connectivity index (χ0v) is 15.1. The van der Waals surface area contributed by atoms with Crippen molar-refractivity contribution in [2.75, 3.05) is 18.8 Å². The van der Waals surface area contributed by atoms with Gasteiger partial charge < -0.3 is 15.0 Å². The number of carbonyl (C=O) groups excluding carboxylic acids is 2. The van der Waals surface area contributed by atoms with Gasteiger partial charge >= 0.3 is 6.09 Å². The van der Waals surface area contributed by atoms with E-state index in [-0.39, 0.29) is 11.3 Å². The molecule has 22 heavy (non-hydrogen) atoms. The van der Waals surface area contributed by atoms with Crippen LogP contribution in [-0.2, 0) is 9.53 Å². The Bertz CT molecular complexity index is 557. The van der Waals surface area contributed by atoms with Gasteiger partial charge in [0.25, 0.3) is 0 Å². The van der Waals surface area contributed by atoms with E-state index < -0.39 is 11.7 Å². The minimum Gasteiger partial charge on any atom is -0.444 e. The van der Waals surface area contributed by atoms with Crippen LogP contribution < -0.4 is 5.32 Å². The number of hydrogen-bond donors (Lipinski definition) is 1. The number of hydrogen-bond acceptors (Lipinski definition) is 5. The Kier molecular flexibility index (Phi) is 5.63. The summed E-state index contributed by atoms with van der Waals surface area (Å²) in [4.78, 5) is 26.4. The highest BCUT2D eigenvalue weighted by Crippen LogP contribution is 2.42. The van der Waals surface area contributed by atoms with Gasteiger partial charge in [-0.25, -0.2) is 4.79 Å². The Hall–Kier alpha value is -0.920. The maximum Gasteiger partial charge on any atom is 0.407 e. The van der Waals surface area contributed by atoms with Gasteiger partial charge in [-0.05, 0) is 32.9 Å². The summed E-state index contributed by atoms with van der Waals surface area (Å²) in [6, 6.07) is 3.78. The summed E-state index contributed by atoms with van der Waals surface area (Å²) in [6.45, 7) is 6.24. The first-order valence-electron chi connectivity index (χ1n) is 6.89. The van der Waals surface area contributed by atoms with Crippen LogP contribution in [0.15, 0.2) is 12.1 Å². The molecule has 122 valence electrons. The number of nitrogens with one attached hydrogen (secondary N) is 1. The van der Waals surface area contributed by atoms with Gasteiger partial charge in [-0.1, -0.05) is 11.6 Å². The SMILES string of the molecule is CC(C)(C)OC(=O)NCCN1C(=O)CSC1c1ccc(Cl)s1. The Morgan fingerprint density at radius 1 is 1.50 bits per heavy atom. The molecule has 0 aromatic carbocycles. The van der Waals surface area contributed by atoms with Crippen molar-refractivity contribution in [3.05, 3.63) is 21.3 Å². The molecule has 0 saturated carbocycles. The largest absolute Gasteiger partial charge is 0.444 e. The Balaban J connectivity index is 1.87. The number of ether oxygens (including phenoxy) is 1. The summed E-state index contributed by atoms with van der Waals surface area (Å²) in [5, 5.41) is 2.65. The van der Waals surface area contributed by atoms with Crippen molar-refractivity contribution in [1.82, 2.24) is 10.2 Å². The fraction of sp³-hybridized carbons (Fsp3) is 0.571. The van der Waals surface area contributed by atoms with Crippen molar-refractivity contribution in [2.24, 2.45) is 0 Å². The van der Waals surface area contributed by atoms with E-state index in [4.69, 9.17) is 16.3 Å². The van der Waals surface area contributed by atoms with Crippen LogP contribution in [0.2, 0.25) is 4.34 Å². The van der Waals surface area contributed by atoms with Crippen molar-refractivity contribution < 1.29 is 14.3 Å². The molecule has 1 N–H and O–H groups in total. The standard InChI is InChI=1S/C14H19ClN2O3S2/c1-14(2,3)20-13(19)16-6-7-17-11(18)8-21-12(17)9-4-5-10(15)22-9/h4-5,12H,6-8H2,1-3H3,(H,16,19). The molecule has 1 unspecified atom stereocenters. The lowest BCUT2D eigenvalue weighted by Crippen LogP contribution is -2.39. The molecule has 2 heterocycles. The van der Waals surface area contributed by atoms with Gasteiger partial charge in [0.2, 0.25) is 5.91 Å². The molecule has 1 atom stereocenters. The van der Waals surface area contributed by atoms with Crippen LogP contribution >= 0.6 is 34.7 Å². The number of halogens is 1. The maximum absolute atomic E-state index is 12.0. The molecule has 8 heteroatoms. The smallest absolute Gasteiger partial charge is 0.407 e. The highest BCUT2D eigenvalue weighted by Gasteiger charge is 2.33. The van der Waals surface area contributed by atoms with Crippen LogP contribution in [0.25, 0.3) is 0 Å². The zero-order chi connectivity index (χ0) is 16.3. The van der Waals surface area contributed by atoms with Gasteiger partial charge in [-0.3, -0.25) is 4.79 Å². The number of nitrogens with zero attached hydrogens (tertiary/aromatic N) is 1. The molecule has 1 aromatic rings. The molecule has 2 rings (SSSR count). The monoisotopic (exact) mass is 362 g/mol. The first kappa shape index (κ1) is 17.4. The lowest BCUT2D eigenvalue weighted by atomic mass is 10.2. The van der Waals surface area contributed by atoms with E-state index in [0.29, 0.717) is 23.2 Å². The van der Waals surface area contributed by atoms with Gasteiger partial charge in [0.15, 0.2) is 0 Å². The van der Waals surface area contributed by atoms with E-state index in [0.717, 1.165) is 4.88 Å². The van der Waals surface area contributed by atoms with Crippen LogP contribution in [-0.4, -0.2) is 41.3 Å². The third kappa shape index (κ3) is 4.79. The topological polar surface area (TPSA) is 58.6 Å². The lowest BCUT2D eigenvalue weighted by molar-refractivity contribution is -0.127. The number of rotatable bonds is 4. The normalized spacial score (nSPS) is 18.6. The first-order chi connectivity index (χ1) is 10.3. The van der Waals surface area contributed by atoms with Crippen molar-refractivity contribution >= 4 is 46.7 Å². The molecule has 1 aliphatic rings. The van der Waals surface area contributed by atoms with Gasteiger partial charge in [-0.15, -0.1) is 23.1 Å². The highest BCUT2D eigenvalue weighted by atomic mass is 35.5. The second kappa shape index (κ2) is 7.10. The van der Waals surface area contributed by atoms with E-state index in [1.165, 1.54) is 11.3 Å². The molecule has 2 amide bonds. The minimum atomic E-state index is -0.528. The van der Waals surface area contributed by atoms with E-state index in [9.17, 15) is 9.59 Å². The van der Waals surface area contributed by atoms with Crippen LogP contribution in [0, 0.1) is 0 Å². The van der Waals surface area contributed by atoms with Crippen LogP contribution in [0.5, 0.6) is 0 Å². The predicted octanol–water partition coefficient (Wildman–Crippen LogP) is 3.50. The first-order valence-corrected chi connectivity index (χ1v) is 9.14. The Morgan fingerprint density at radius 3 is 2.82 bits per heavy atom. The molecule has 0 radical (unpaired) electrons. The third-order valence-electron chi connectivity index (χ3n) is 2.83. The highest BCUT2D eigenvalue weighted by molar-refractivity contribution is 8.00. The quantitative estimate of drug-likeness (QED) is 0.890. The van der Waals surface area contributed by atoms with Gasteiger partial charge in [0.1, 0.15) is 11.0 Å². The molecule has 1 fully saturated rings. The number of thioether (sulfide) groups is 1. The van der Waals surface area contributed by atoms with Gasteiger partial charge in [0, 0.05) is 18.0 Å². The molecular weight excluding hydrogens is 344 g/mol. The van der Waals surface area contributed by atoms with E-state index in [1.807, 2.05) is 32.9 Å². The fourth-order valence-electron chi connectivity index (χ4n) is 1.99. The average Bonchev–Trinajstić information content (AvgIpc) is 2.94. The van der Waals surface area contributed by atoms with Gasteiger partial charge in [0.05, 0.1) is 10.1 Å². The van der Waals surface area contributed by atoms with Crippen molar-refractivity contribution in [3.8, 4) is 0 Å².